The van der Waals surface area contributed by atoms with E-state index < -0.39 is 10.9 Å². The average Bonchev–Trinajstić information content (AvgIpc) is 3.86. The van der Waals surface area contributed by atoms with Crippen LogP contribution >= 0.6 is 10.9 Å². The first-order chi connectivity index (χ1) is 30.7. The van der Waals surface area contributed by atoms with E-state index in [1.165, 1.54) is 53.5 Å². The second-order valence-corrected chi connectivity index (χ2v) is 18.2. The van der Waals surface area contributed by atoms with Gasteiger partial charge in [0, 0.05) is 43.7 Å². The highest BCUT2D eigenvalue weighted by Gasteiger charge is 2.26. The summed E-state index contributed by atoms with van der Waals surface area (Å²) < 4.78 is 4.67. The van der Waals surface area contributed by atoms with Crippen LogP contribution in [-0.4, -0.2) is 30.3 Å². The van der Waals surface area contributed by atoms with Crippen molar-refractivity contribution < 1.29 is 0 Å². The van der Waals surface area contributed by atoms with Crippen LogP contribution in [0.5, 0.6) is 0 Å². The van der Waals surface area contributed by atoms with Crippen molar-refractivity contribution in [2.45, 2.75) is 9.79 Å². The normalized spacial score (nSPS) is 14.0. The zero-order valence-corrected chi connectivity index (χ0v) is 34.6. The molecule has 6 heteroatoms. The third-order valence-corrected chi connectivity index (χ3v) is 14.9. The zero-order chi connectivity index (χ0) is 40.9. The van der Waals surface area contributed by atoms with Crippen molar-refractivity contribution >= 4 is 65.3 Å². The smallest absolute Gasteiger partial charge is 0.238 e. The lowest BCUT2D eigenvalue weighted by molar-refractivity contribution is 0.953. The van der Waals surface area contributed by atoms with Gasteiger partial charge < -0.3 is 4.57 Å². The zero-order valence-electron chi connectivity index (χ0n) is 33.7. The molecule has 0 spiro atoms. The highest BCUT2D eigenvalue weighted by Crippen LogP contribution is 2.57. The van der Waals surface area contributed by atoms with Crippen LogP contribution in [0.1, 0.15) is 0 Å². The molecule has 1 atom stereocenters. The summed E-state index contributed by atoms with van der Waals surface area (Å²) in [5.74, 6) is 1.85. The fraction of sp³-hybridized carbons (Fsp3) is 0.0179. The maximum atomic E-state index is 5.19. The Balaban J connectivity index is 1.07. The summed E-state index contributed by atoms with van der Waals surface area (Å²) in [6.45, 7) is 0. The van der Waals surface area contributed by atoms with Crippen molar-refractivity contribution in [3.05, 3.63) is 200 Å². The molecule has 0 saturated heterocycles. The van der Waals surface area contributed by atoms with E-state index in [9.17, 15) is 0 Å². The first kappa shape index (κ1) is 35.0. The lowest BCUT2D eigenvalue weighted by Crippen LogP contribution is -2.06. The fourth-order valence-corrected chi connectivity index (χ4v) is 11.9. The number of hydrogen-bond donors (Lipinski definition) is 1. The molecule has 292 valence electrons. The standard InChI is InChI=1S/C56H37N5S/c1-62-50-26-14-12-23-42(50)44-34-49-52(43-24-15-27-51(62)53(43)44)45-32-37(29-31-47(45)60(49)39-20-9-4-10-21-39)38-28-30-41-40-22-11-13-25-46(40)61(48(41)33-38)56-58-54(35-16-5-2-6-17-35)57-55(59-56)36-18-7-3-8-19-36/h2-34,62H,1H3. The molecule has 0 N–H and O–H groups in total. The van der Waals surface area contributed by atoms with E-state index in [2.05, 4.69) is 179 Å². The molecule has 12 aromatic rings. The monoisotopic (exact) mass is 811 g/mol. The van der Waals surface area contributed by atoms with Crippen LogP contribution in [0.25, 0.3) is 111 Å². The number of nitrogens with zero attached hydrogens (tertiary/aromatic N) is 5. The quantitative estimate of drug-likeness (QED) is 0.176. The molecule has 13 rings (SSSR count). The van der Waals surface area contributed by atoms with Crippen molar-refractivity contribution in [3.63, 3.8) is 0 Å². The number of hydrogen-bond acceptors (Lipinski definition) is 3. The number of para-hydroxylation sites is 2. The third kappa shape index (κ3) is 5.20. The lowest BCUT2D eigenvalue weighted by atomic mass is 9.93. The number of fused-ring (bicyclic) bond motifs is 9. The Morgan fingerprint density at radius 2 is 0.952 bits per heavy atom. The summed E-state index contributed by atoms with van der Waals surface area (Å²) >= 11 is 0. The van der Waals surface area contributed by atoms with Crippen molar-refractivity contribution in [1.82, 2.24) is 24.1 Å². The minimum Gasteiger partial charge on any atom is -0.309 e. The minimum absolute atomic E-state index is 0.493. The van der Waals surface area contributed by atoms with Crippen LogP contribution in [0, 0.1) is 0 Å². The van der Waals surface area contributed by atoms with Crippen molar-refractivity contribution in [2.24, 2.45) is 0 Å². The molecule has 0 bridgehead atoms. The van der Waals surface area contributed by atoms with Crippen LogP contribution < -0.4 is 0 Å². The summed E-state index contributed by atoms with van der Waals surface area (Å²) in [6.07, 6.45) is 2.42. The maximum Gasteiger partial charge on any atom is 0.238 e. The van der Waals surface area contributed by atoms with Gasteiger partial charge in [-0.3, -0.25) is 4.57 Å². The molecule has 0 amide bonds. The maximum absolute atomic E-state index is 5.19. The molecule has 4 heterocycles. The summed E-state index contributed by atoms with van der Waals surface area (Å²) in [5, 5.41) is 7.52. The first-order valence-corrected chi connectivity index (χ1v) is 22.8. The van der Waals surface area contributed by atoms with Gasteiger partial charge >= 0.3 is 0 Å². The largest absolute Gasteiger partial charge is 0.309 e. The van der Waals surface area contributed by atoms with E-state index in [-0.39, 0.29) is 0 Å². The van der Waals surface area contributed by atoms with Crippen LogP contribution in [0.15, 0.2) is 210 Å². The predicted molar refractivity (Wildman–Crippen MR) is 259 cm³/mol. The molecule has 0 fully saturated rings. The van der Waals surface area contributed by atoms with Crippen LogP contribution in [0.2, 0.25) is 0 Å². The van der Waals surface area contributed by atoms with Gasteiger partial charge in [0.05, 0.1) is 22.1 Å². The van der Waals surface area contributed by atoms with Crippen molar-refractivity contribution in [2.75, 3.05) is 6.26 Å². The molecule has 9 aromatic carbocycles. The Hall–Kier alpha value is -7.80. The third-order valence-electron chi connectivity index (χ3n) is 12.7. The predicted octanol–water partition coefficient (Wildman–Crippen LogP) is 14.2. The topological polar surface area (TPSA) is 48.5 Å². The summed E-state index contributed by atoms with van der Waals surface area (Å²) in [4.78, 5) is 18.3. The highest BCUT2D eigenvalue weighted by atomic mass is 32.2. The van der Waals surface area contributed by atoms with Crippen LogP contribution in [0.4, 0.5) is 0 Å². The van der Waals surface area contributed by atoms with Gasteiger partial charge in [0.15, 0.2) is 11.6 Å². The van der Waals surface area contributed by atoms with Crippen molar-refractivity contribution in [3.8, 4) is 56.7 Å². The summed E-state index contributed by atoms with van der Waals surface area (Å²) in [6, 6.07) is 72.0. The van der Waals surface area contributed by atoms with Gasteiger partial charge in [-0.2, -0.15) is 9.97 Å². The molecule has 0 saturated carbocycles. The molecule has 3 aromatic heterocycles. The van der Waals surface area contributed by atoms with Gasteiger partial charge in [0.25, 0.3) is 0 Å². The van der Waals surface area contributed by atoms with Crippen molar-refractivity contribution in [1.29, 1.82) is 0 Å². The lowest BCUT2D eigenvalue weighted by Gasteiger charge is -2.29. The van der Waals surface area contributed by atoms with E-state index in [4.69, 9.17) is 15.0 Å². The van der Waals surface area contributed by atoms with E-state index in [1.807, 2.05) is 36.4 Å². The Morgan fingerprint density at radius 3 is 1.73 bits per heavy atom. The average molecular weight is 812 g/mol. The Bertz CT molecular complexity index is 3700. The van der Waals surface area contributed by atoms with Gasteiger partial charge in [-0.15, -0.1) is 0 Å². The SMILES string of the molecule is C[SH]1c2ccccc2-c2cc3c(c4cccc1c24)c1cc(-c2ccc4c5ccccc5n(-c5nc(-c6ccccc6)nc(-c6ccccc6)n5)c4c2)ccc1n3-c1ccccc1. The molecule has 1 aliphatic rings. The number of benzene rings is 9. The number of aromatic nitrogens is 5. The molecule has 1 aliphatic heterocycles. The second kappa shape index (κ2) is 13.6. The van der Waals surface area contributed by atoms with Crippen LogP contribution in [0.3, 0.4) is 0 Å². The van der Waals surface area contributed by atoms with Gasteiger partial charge in [0.1, 0.15) is 0 Å². The Morgan fingerprint density at radius 1 is 0.355 bits per heavy atom. The number of rotatable bonds is 5. The van der Waals surface area contributed by atoms with E-state index in [0.29, 0.717) is 17.6 Å². The molecular formula is C56H37N5S. The van der Waals surface area contributed by atoms with Gasteiger partial charge in [0.2, 0.25) is 5.95 Å². The Labute approximate surface area is 360 Å². The molecule has 0 radical (unpaired) electrons. The molecule has 5 nitrogen and oxygen atoms in total. The van der Waals surface area contributed by atoms with Gasteiger partial charge in [-0.25, -0.2) is 15.9 Å². The number of thiol groups is 1. The second-order valence-electron chi connectivity index (χ2n) is 16.1. The highest BCUT2D eigenvalue weighted by molar-refractivity contribution is 8.16. The molecule has 1 unspecified atom stereocenters. The minimum atomic E-state index is -0.493. The molecule has 0 aliphatic carbocycles. The van der Waals surface area contributed by atoms with Gasteiger partial charge in [-0.05, 0) is 98.3 Å². The summed E-state index contributed by atoms with van der Waals surface area (Å²) in [5.41, 5.74) is 12.5. The fourth-order valence-electron chi connectivity index (χ4n) is 9.88. The van der Waals surface area contributed by atoms with Crippen LogP contribution in [-0.2, 0) is 0 Å². The Kier molecular flexibility index (Phi) is 7.68. The summed E-state index contributed by atoms with van der Waals surface area (Å²) in [7, 11) is -0.493. The van der Waals surface area contributed by atoms with E-state index >= 15 is 0 Å². The first-order valence-electron chi connectivity index (χ1n) is 21.0. The van der Waals surface area contributed by atoms with Gasteiger partial charge in [-0.1, -0.05) is 146 Å². The van der Waals surface area contributed by atoms with E-state index in [1.54, 1.807) is 0 Å². The molecular weight excluding hydrogens is 775 g/mol. The molecule has 62 heavy (non-hydrogen) atoms. The van der Waals surface area contributed by atoms with E-state index in [0.717, 1.165) is 49.7 Å².